The summed E-state index contributed by atoms with van der Waals surface area (Å²) >= 11 is 0. The van der Waals surface area contributed by atoms with Gasteiger partial charge in [0.05, 0.1) is 26.2 Å². The van der Waals surface area contributed by atoms with Crippen LogP contribution in [0.15, 0.2) is 0 Å². The van der Waals surface area contributed by atoms with Gasteiger partial charge in [-0.05, 0) is 34.1 Å². The molecule has 0 spiro atoms. The van der Waals surface area contributed by atoms with Gasteiger partial charge in [-0.3, -0.25) is 4.55 Å². The zero-order valence-electron chi connectivity index (χ0n) is 16.5. The highest BCUT2D eigenvalue weighted by atomic mass is 32.2. The van der Waals surface area contributed by atoms with Gasteiger partial charge in [-0.25, -0.2) is 0 Å². The van der Waals surface area contributed by atoms with Crippen molar-refractivity contribution < 1.29 is 57.0 Å². The monoisotopic (exact) mass is 472 g/mol. The Bertz CT molecular complexity index is 571. The van der Waals surface area contributed by atoms with Gasteiger partial charge in [0.2, 0.25) is 0 Å². The molecule has 0 radical (unpaired) electrons. The molecule has 178 valence electrons. The molecular weight excluding hydrogens is 445 g/mol. The Kier molecular flexibility index (Phi) is 11.0. The first-order chi connectivity index (χ1) is 12.7. The Hall–Kier alpha value is -0.760. The molecule has 0 saturated heterocycles. The summed E-state index contributed by atoms with van der Waals surface area (Å²) in [7, 11) is -6.88. The molecule has 0 fully saturated rings. The molecule has 0 aromatic carbocycles. The molecule has 0 aromatic rings. The highest BCUT2D eigenvalue weighted by Gasteiger charge is 2.76. The summed E-state index contributed by atoms with van der Waals surface area (Å²) in [6.45, 7) is 14.2. The van der Waals surface area contributed by atoms with Gasteiger partial charge in [0.1, 0.15) is 0 Å². The molecule has 0 unspecified atom stereocenters. The van der Waals surface area contributed by atoms with E-state index in [1.165, 1.54) is 30.7 Å². The number of rotatable bonds is 10. The fourth-order valence-corrected chi connectivity index (χ4v) is 2.86. The van der Waals surface area contributed by atoms with Crippen LogP contribution in [-0.4, -0.2) is 66.9 Å². The van der Waals surface area contributed by atoms with E-state index >= 15 is 0 Å². The van der Waals surface area contributed by atoms with Crippen molar-refractivity contribution in [2.24, 2.45) is 0 Å². The lowest BCUT2D eigenvalue weighted by Gasteiger charge is -2.34. The Morgan fingerprint density at radius 2 is 1.07 bits per heavy atom. The number of hydrogen-bond donors (Lipinski definition) is 1. The third kappa shape index (κ3) is 8.12. The molecule has 0 amide bonds. The van der Waals surface area contributed by atoms with E-state index in [1.807, 2.05) is 0 Å². The molecule has 4 nitrogen and oxygen atoms in total. The highest BCUT2D eigenvalue weighted by molar-refractivity contribution is 7.87. The summed E-state index contributed by atoms with van der Waals surface area (Å²) in [5.74, 6) is -12.3. The molecule has 0 rings (SSSR count). The van der Waals surface area contributed by atoms with Gasteiger partial charge >= 0.3 is 33.4 Å². The summed E-state index contributed by atoms with van der Waals surface area (Å²) in [5.41, 5.74) is 0. The summed E-state index contributed by atoms with van der Waals surface area (Å²) in [5, 5.41) is -6.54. The van der Waals surface area contributed by atoms with Crippen LogP contribution in [0.25, 0.3) is 0 Å². The molecule has 0 aliphatic rings. The van der Waals surface area contributed by atoms with Crippen molar-refractivity contribution in [2.75, 3.05) is 26.2 Å². The van der Waals surface area contributed by atoms with Crippen molar-refractivity contribution in [3.63, 3.8) is 0 Å². The third-order valence-electron chi connectivity index (χ3n) is 4.78. The second-order valence-corrected chi connectivity index (χ2v) is 7.81. The van der Waals surface area contributed by atoms with Crippen molar-refractivity contribution in [2.45, 2.75) is 70.2 Å². The lowest BCUT2D eigenvalue weighted by Crippen LogP contribution is -2.57. The zero-order chi connectivity index (χ0) is 23.9. The second-order valence-electron chi connectivity index (χ2n) is 6.35. The van der Waals surface area contributed by atoms with Crippen molar-refractivity contribution in [3.05, 3.63) is 0 Å². The molecule has 0 aromatic heterocycles. The number of halogens is 9. The molecule has 0 atom stereocenters. The smallest absolute Gasteiger partial charge is 0.325 e. The predicted molar refractivity (Wildman–Crippen MR) is 88.7 cm³/mol. The van der Waals surface area contributed by atoms with Crippen LogP contribution in [-0.2, 0) is 10.1 Å². The number of hydrogen-bond acceptors (Lipinski definition) is 2. The molecule has 29 heavy (non-hydrogen) atoms. The largest absolute Gasteiger partial charge is 0.437 e. The van der Waals surface area contributed by atoms with Crippen LogP contribution in [0.1, 0.15) is 47.0 Å². The maximum Gasteiger partial charge on any atom is 0.437 e. The van der Waals surface area contributed by atoms with Crippen LogP contribution >= 0.6 is 0 Å². The topological polar surface area (TPSA) is 54.4 Å². The van der Waals surface area contributed by atoms with E-state index in [4.69, 9.17) is 4.55 Å². The minimum Gasteiger partial charge on any atom is -0.325 e. The lowest BCUT2D eigenvalue weighted by atomic mass is 10.0. The van der Waals surface area contributed by atoms with Crippen LogP contribution in [0.4, 0.5) is 39.5 Å². The van der Waals surface area contributed by atoms with Gasteiger partial charge in [0, 0.05) is 12.8 Å². The van der Waals surface area contributed by atoms with Crippen LogP contribution < -0.4 is 0 Å². The fourth-order valence-electron chi connectivity index (χ4n) is 2.38. The average Bonchev–Trinajstić information content (AvgIpc) is 2.55. The maximum absolute atomic E-state index is 12.8. The van der Waals surface area contributed by atoms with Crippen LogP contribution in [0.2, 0.25) is 0 Å². The second kappa shape index (κ2) is 10.5. The van der Waals surface area contributed by atoms with Crippen molar-refractivity contribution in [3.8, 4) is 0 Å². The Balaban J connectivity index is 0. The van der Waals surface area contributed by atoms with Crippen molar-refractivity contribution >= 4 is 10.1 Å². The maximum atomic E-state index is 12.8. The molecule has 0 aliphatic heterocycles. The summed E-state index contributed by atoms with van der Waals surface area (Å²) in [4.78, 5) is 0. The first-order valence-electron chi connectivity index (χ1n) is 8.72. The summed E-state index contributed by atoms with van der Waals surface area (Å²) in [6, 6.07) is 0. The van der Waals surface area contributed by atoms with E-state index in [0.29, 0.717) is 0 Å². The molecule has 0 aliphatic carbocycles. The Morgan fingerprint density at radius 3 is 1.28 bits per heavy atom. The molecule has 0 saturated carbocycles. The standard InChI is InChI=1S/C8H20N.C7H7F9O3S/c1-5-9(6-2,7-3)8-4;8-4(9,2-1-3-5(10,11)12)6(13,14)7(15,16)20(17,18)19/h5-8H2,1-4H3;1-3H2,(H,17,18,19)/q+1;. The SMILES string of the molecule is CC[N+](CC)(CC)CC.O=S(=O)(O)C(F)(F)C(F)(F)C(F)(F)CCCC(F)(F)F. The predicted octanol–water partition coefficient (Wildman–Crippen LogP) is 5.35. The first-order valence-corrected chi connectivity index (χ1v) is 10.2. The highest BCUT2D eigenvalue weighted by Crippen LogP contribution is 2.50. The zero-order valence-corrected chi connectivity index (χ0v) is 17.3. The minimum atomic E-state index is -6.88. The number of nitrogens with zero attached hydrogens (tertiary/aromatic N) is 1. The third-order valence-corrected chi connectivity index (χ3v) is 5.69. The van der Waals surface area contributed by atoms with Crippen LogP contribution in [0.5, 0.6) is 0 Å². The molecule has 14 heteroatoms. The normalized spacial score (nSPS) is 14.4. The van der Waals surface area contributed by atoms with Gasteiger partial charge in [-0.15, -0.1) is 0 Å². The Labute approximate surface area is 164 Å². The van der Waals surface area contributed by atoms with E-state index < -0.39 is 52.7 Å². The fraction of sp³-hybridized carbons (Fsp3) is 1.00. The lowest BCUT2D eigenvalue weighted by molar-refractivity contribution is -0.921. The van der Waals surface area contributed by atoms with E-state index in [-0.39, 0.29) is 0 Å². The van der Waals surface area contributed by atoms with E-state index in [9.17, 15) is 47.9 Å². The van der Waals surface area contributed by atoms with E-state index in [0.717, 1.165) is 0 Å². The summed E-state index contributed by atoms with van der Waals surface area (Å²) in [6.07, 6.45) is -10.9. The van der Waals surface area contributed by atoms with Gasteiger partial charge in [0.25, 0.3) is 0 Å². The quantitative estimate of drug-likeness (QED) is 0.265. The number of quaternary nitrogens is 1. The van der Waals surface area contributed by atoms with Crippen LogP contribution in [0.3, 0.4) is 0 Å². The molecule has 1 N–H and O–H groups in total. The van der Waals surface area contributed by atoms with Gasteiger partial charge in [-0.2, -0.15) is 47.9 Å². The van der Waals surface area contributed by atoms with E-state index in [2.05, 4.69) is 27.7 Å². The molecular formula is C15H27F9NO3S+. The molecule has 0 bridgehead atoms. The van der Waals surface area contributed by atoms with Crippen LogP contribution in [0, 0.1) is 0 Å². The average molecular weight is 472 g/mol. The van der Waals surface area contributed by atoms with Gasteiger partial charge in [-0.1, -0.05) is 0 Å². The van der Waals surface area contributed by atoms with Crippen molar-refractivity contribution in [1.82, 2.24) is 0 Å². The molecule has 0 heterocycles. The number of alkyl halides is 9. The summed E-state index contributed by atoms with van der Waals surface area (Å²) < 4.78 is 140. The van der Waals surface area contributed by atoms with Crippen molar-refractivity contribution in [1.29, 1.82) is 0 Å². The van der Waals surface area contributed by atoms with Gasteiger partial charge in [0.15, 0.2) is 0 Å². The Morgan fingerprint density at radius 1 is 0.724 bits per heavy atom. The minimum absolute atomic E-state index is 1.28. The van der Waals surface area contributed by atoms with Gasteiger partial charge < -0.3 is 4.48 Å². The first kappa shape index (κ1) is 30.4. The van der Waals surface area contributed by atoms with E-state index in [1.54, 1.807) is 0 Å².